The lowest BCUT2D eigenvalue weighted by Crippen LogP contribution is -2.24. The van der Waals surface area contributed by atoms with Crippen LogP contribution in [0.2, 0.25) is 0 Å². The van der Waals surface area contributed by atoms with E-state index in [1.165, 1.54) is 11.3 Å². The van der Waals surface area contributed by atoms with Crippen LogP contribution in [0.1, 0.15) is 15.6 Å². The van der Waals surface area contributed by atoms with Gasteiger partial charge in [-0.2, -0.15) is 0 Å². The number of aromatic nitrogens is 2. The first kappa shape index (κ1) is 18.7. The molecule has 1 aromatic carbocycles. The van der Waals surface area contributed by atoms with Crippen molar-refractivity contribution in [3.8, 4) is 0 Å². The zero-order chi connectivity index (χ0) is 19.3. The van der Waals surface area contributed by atoms with E-state index in [1.807, 2.05) is 41.8 Å². The second-order valence-corrected chi connectivity index (χ2v) is 8.98. The number of hydrogen-bond donors (Lipinski definition) is 2. The van der Waals surface area contributed by atoms with Crippen LogP contribution in [-0.2, 0) is 29.0 Å². The van der Waals surface area contributed by atoms with Crippen molar-refractivity contribution in [3.05, 3.63) is 62.7 Å². The molecule has 3 aromatic heterocycles. The molecule has 0 atom stereocenters. The molecule has 0 saturated heterocycles. The lowest BCUT2D eigenvalue weighted by Gasteiger charge is -2.01. The SMILES string of the molecule is O=C(Cc1csc(NC(=O)Cc2cccs2)n1)NCc1nc2ccccc2s1. The molecule has 0 bridgehead atoms. The minimum absolute atomic E-state index is 0.108. The van der Waals surface area contributed by atoms with Crippen LogP contribution in [0.5, 0.6) is 0 Å². The first-order valence-electron chi connectivity index (χ1n) is 8.53. The number of thiazole rings is 2. The Morgan fingerprint density at radius 3 is 2.68 bits per heavy atom. The number of carbonyl (C=O) groups excluding carboxylic acids is 2. The van der Waals surface area contributed by atoms with Gasteiger partial charge in [-0.05, 0) is 23.6 Å². The molecular weight excluding hydrogens is 412 g/mol. The van der Waals surface area contributed by atoms with Crippen molar-refractivity contribution in [1.82, 2.24) is 15.3 Å². The standard InChI is InChI=1S/C19H16N4O2S3/c24-16(20-10-18-22-14-5-1-2-6-15(14)28-18)8-12-11-27-19(21-12)23-17(25)9-13-4-3-7-26-13/h1-7,11H,8-10H2,(H,20,24)(H,21,23,25). The van der Waals surface area contributed by atoms with E-state index in [4.69, 9.17) is 0 Å². The Morgan fingerprint density at radius 1 is 0.964 bits per heavy atom. The first-order valence-corrected chi connectivity index (χ1v) is 11.1. The second kappa shape index (κ2) is 8.59. The van der Waals surface area contributed by atoms with E-state index in [0.717, 1.165) is 20.1 Å². The summed E-state index contributed by atoms with van der Waals surface area (Å²) in [6, 6.07) is 11.7. The molecule has 0 fully saturated rings. The number of amides is 2. The molecule has 0 aliphatic rings. The highest BCUT2D eigenvalue weighted by molar-refractivity contribution is 7.18. The van der Waals surface area contributed by atoms with E-state index in [9.17, 15) is 9.59 Å². The third kappa shape index (κ3) is 4.80. The van der Waals surface area contributed by atoms with Crippen molar-refractivity contribution in [1.29, 1.82) is 0 Å². The summed E-state index contributed by atoms with van der Waals surface area (Å²) >= 11 is 4.44. The van der Waals surface area contributed by atoms with Crippen LogP contribution < -0.4 is 10.6 Å². The number of rotatable bonds is 7. The van der Waals surface area contributed by atoms with Gasteiger partial charge in [0, 0.05) is 10.3 Å². The number of fused-ring (bicyclic) bond motifs is 1. The van der Waals surface area contributed by atoms with Crippen LogP contribution in [0, 0.1) is 0 Å². The smallest absolute Gasteiger partial charge is 0.231 e. The summed E-state index contributed by atoms with van der Waals surface area (Å²) in [5, 5.41) is 10.8. The summed E-state index contributed by atoms with van der Waals surface area (Å²) in [7, 11) is 0. The number of benzene rings is 1. The maximum atomic E-state index is 12.2. The first-order chi connectivity index (χ1) is 13.7. The van der Waals surface area contributed by atoms with E-state index in [1.54, 1.807) is 28.1 Å². The molecule has 4 aromatic rings. The zero-order valence-corrected chi connectivity index (χ0v) is 17.1. The van der Waals surface area contributed by atoms with Gasteiger partial charge in [-0.1, -0.05) is 18.2 Å². The van der Waals surface area contributed by atoms with Gasteiger partial charge >= 0.3 is 0 Å². The van der Waals surface area contributed by atoms with Gasteiger partial charge in [0.2, 0.25) is 11.8 Å². The summed E-state index contributed by atoms with van der Waals surface area (Å²) < 4.78 is 1.11. The monoisotopic (exact) mass is 428 g/mol. The number of para-hydroxylation sites is 1. The van der Waals surface area contributed by atoms with Gasteiger partial charge in [0.25, 0.3) is 0 Å². The highest BCUT2D eigenvalue weighted by Gasteiger charge is 2.11. The molecule has 0 unspecified atom stereocenters. The topological polar surface area (TPSA) is 84.0 Å². The average Bonchev–Trinajstić information content (AvgIpc) is 3.41. The van der Waals surface area contributed by atoms with Gasteiger partial charge in [-0.15, -0.1) is 34.0 Å². The Bertz CT molecular complexity index is 1070. The maximum Gasteiger partial charge on any atom is 0.231 e. The Balaban J connectivity index is 1.27. The van der Waals surface area contributed by atoms with Crippen LogP contribution in [-0.4, -0.2) is 21.8 Å². The van der Waals surface area contributed by atoms with E-state index < -0.39 is 0 Å². The van der Waals surface area contributed by atoms with Gasteiger partial charge in [0.15, 0.2) is 5.13 Å². The number of anilines is 1. The molecule has 0 aliphatic heterocycles. The molecule has 0 radical (unpaired) electrons. The van der Waals surface area contributed by atoms with Crippen molar-refractivity contribution in [2.75, 3.05) is 5.32 Å². The summed E-state index contributed by atoms with van der Waals surface area (Å²) in [4.78, 5) is 34.0. The van der Waals surface area contributed by atoms with Crippen molar-refractivity contribution < 1.29 is 9.59 Å². The predicted molar refractivity (Wildman–Crippen MR) is 114 cm³/mol. The highest BCUT2D eigenvalue weighted by atomic mass is 32.1. The van der Waals surface area contributed by atoms with Crippen LogP contribution >= 0.6 is 34.0 Å². The van der Waals surface area contributed by atoms with Gasteiger partial charge in [0.05, 0.1) is 35.3 Å². The normalized spacial score (nSPS) is 10.9. The Labute approximate surface area is 173 Å². The van der Waals surface area contributed by atoms with E-state index in [-0.39, 0.29) is 18.2 Å². The molecule has 0 aliphatic carbocycles. The fourth-order valence-electron chi connectivity index (χ4n) is 2.58. The largest absolute Gasteiger partial charge is 0.349 e. The third-order valence-corrected chi connectivity index (χ3v) is 6.55. The predicted octanol–water partition coefficient (Wildman–Crippen LogP) is 3.85. The van der Waals surface area contributed by atoms with Crippen molar-refractivity contribution >= 4 is 61.2 Å². The number of nitrogens with one attached hydrogen (secondary N) is 2. The van der Waals surface area contributed by atoms with Gasteiger partial charge in [-0.25, -0.2) is 9.97 Å². The summed E-state index contributed by atoms with van der Waals surface area (Å²) in [6.07, 6.45) is 0.497. The quantitative estimate of drug-likeness (QED) is 0.468. The number of carbonyl (C=O) groups is 2. The fraction of sp³-hybridized carbons (Fsp3) is 0.158. The summed E-state index contributed by atoms with van der Waals surface area (Å²) in [6.45, 7) is 0.396. The minimum atomic E-state index is -0.124. The molecular formula is C19H16N4O2S3. The van der Waals surface area contributed by atoms with Crippen molar-refractivity contribution in [2.24, 2.45) is 0 Å². The van der Waals surface area contributed by atoms with Crippen molar-refractivity contribution in [2.45, 2.75) is 19.4 Å². The van der Waals surface area contributed by atoms with Gasteiger partial charge in [-0.3, -0.25) is 9.59 Å². The Kier molecular flexibility index (Phi) is 5.75. The number of thiophene rings is 1. The van der Waals surface area contributed by atoms with E-state index in [2.05, 4.69) is 20.6 Å². The average molecular weight is 429 g/mol. The molecule has 6 nitrogen and oxygen atoms in total. The second-order valence-electron chi connectivity index (χ2n) is 5.98. The van der Waals surface area contributed by atoms with Crippen LogP contribution in [0.25, 0.3) is 10.2 Å². The Hall–Kier alpha value is -2.62. The lowest BCUT2D eigenvalue weighted by molar-refractivity contribution is -0.120. The zero-order valence-electron chi connectivity index (χ0n) is 14.7. The summed E-state index contributed by atoms with van der Waals surface area (Å²) in [5.74, 6) is -0.232. The Morgan fingerprint density at radius 2 is 1.86 bits per heavy atom. The van der Waals surface area contributed by atoms with Crippen LogP contribution in [0.4, 0.5) is 5.13 Å². The molecule has 2 N–H and O–H groups in total. The third-order valence-electron chi connectivity index (χ3n) is 3.83. The lowest BCUT2D eigenvalue weighted by atomic mass is 10.3. The molecule has 9 heteroatoms. The molecule has 3 heterocycles. The molecule has 0 spiro atoms. The van der Waals surface area contributed by atoms with Gasteiger partial charge in [0.1, 0.15) is 5.01 Å². The number of hydrogen-bond acceptors (Lipinski definition) is 7. The molecule has 28 heavy (non-hydrogen) atoms. The number of nitrogens with zero attached hydrogens (tertiary/aromatic N) is 2. The van der Waals surface area contributed by atoms with Gasteiger partial charge < -0.3 is 10.6 Å². The molecule has 142 valence electrons. The molecule has 2 amide bonds. The molecule has 4 rings (SSSR count). The highest BCUT2D eigenvalue weighted by Crippen LogP contribution is 2.21. The minimum Gasteiger partial charge on any atom is -0.349 e. The maximum absolute atomic E-state index is 12.2. The van der Waals surface area contributed by atoms with Crippen LogP contribution in [0.15, 0.2) is 47.2 Å². The van der Waals surface area contributed by atoms with Crippen molar-refractivity contribution in [3.63, 3.8) is 0 Å². The van der Waals surface area contributed by atoms with E-state index >= 15 is 0 Å². The molecule has 0 saturated carbocycles. The van der Waals surface area contributed by atoms with Crippen LogP contribution in [0.3, 0.4) is 0 Å². The fourth-order valence-corrected chi connectivity index (χ4v) is 4.91. The summed E-state index contributed by atoms with van der Waals surface area (Å²) in [5.41, 5.74) is 1.58. The van der Waals surface area contributed by atoms with E-state index in [0.29, 0.717) is 23.8 Å².